The summed E-state index contributed by atoms with van der Waals surface area (Å²) in [6, 6.07) is 36.6. The first-order valence-corrected chi connectivity index (χ1v) is 12.0. The summed E-state index contributed by atoms with van der Waals surface area (Å²) in [7, 11) is 0. The Balaban J connectivity index is 1.72. The van der Waals surface area contributed by atoms with Crippen LogP contribution in [0, 0.1) is 0 Å². The van der Waals surface area contributed by atoms with E-state index >= 15 is 0 Å². The molecule has 5 heteroatoms. The van der Waals surface area contributed by atoms with Crippen LogP contribution in [0.25, 0.3) is 0 Å². The second-order valence-electron chi connectivity index (χ2n) is 8.72. The number of hydrogen-bond acceptors (Lipinski definition) is 3. The van der Waals surface area contributed by atoms with E-state index in [-0.39, 0.29) is 12.3 Å². The van der Waals surface area contributed by atoms with Crippen LogP contribution in [-0.2, 0) is 29.1 Å². The molecule has 0 saturated heterocycles. The molecule has 4 aromatic rings. The number of benzene rings is 4. The van der Waals surface area contributed by atoms with E-state index < -0.39 is 18.1 Å². The number of rotatable bonds is 11. The molecule has 36 heavy (non-hydrogen) atoms. The van der Waals surface area contributed by atoms with Crippen molar-refractivity contribution < 1.29 is 14.7 Å². The van der Waals surface area contributed by atoms with E-state index in [0.717, 1.165) is 22.3 Å². The number of hydrogen-bond donors (Lipinski definition) is 2. The average Bonchev–Trinajstić information content (AvgIpc) is 2.92. The second kappa shape index (κ2) is 12.5. The molecule has 0 fully saturated rings. The molecule has 0 heterocycles. The molecule has 0 aliphatic heterocycles. The van der Waals surface area contributed by atoms with Gasteiger partial charge in [-0.25, -0.2) is 0 Å². The molecule has 0 spiro atoms. The number of nitrogens with one attached hydrogen (secondary N) is 1. The van der Waals surface area contributed by atoms with Gasteiger partial charge in [0.2, 0.25) is 5.91 Å². The van der Waals surface area contributed by atoms with Gasteiger partial charge in [0.1, 0.15) is 12.1 Å². The summed E-state index contributed by atoms with van der Waals surface area (Å²) >= 11 is 0. The fourth-order valence-corrected chi connectivity index (χ4v) is 4.37. The maximum atomic E-state index is 13.8. The smallest absolute Gasteiger partial charge is 0.321 e. The molecule has 1 amide bonds. The minimum absolute atomic E-state index is 0.236. The van der Waals surface area contributed by atoms with Crippen molar-refractivity contribution in [3.05, 3.63) is 144 Å². The van der Waals surface area contributed by atoms with E-state index in [2.05, 4.69) is 5.32 Å². The van der Waals surface area contributed by atoms with Crippen LogP contribution in [0.3, 0.4) is 0 Å². The Kier molecular flexibility index (Phi) is 8.62. The fraction of sp³-hybridized carbons (Fsp3) is 0.161. The highest BCUT2D eigenvalue weighted by Crippen LogP contribution is 2.28. The molecule has 4 aromatic carbocycles. The maximum absolute atomic E-state index is 13.8. The molecule has 5 nitrogen and oxygen atoms in total. The van der Waals surface area contributed by atoms with Crippen LogP contribution in [0.5, 0.6) is 0 Å². The predicted octanol–water partition coefficient (Wildman–Crippen LogP) is 5.24. The first-order chi connectivity index (χ1) is 17.6. The zero-order valence-corrected chi connectivity index (χ0v) is 20.0. The van der Waals surface area contributed by atoms with Crippen LogP contribution in [0.4, 0.5) is 0 Å². The number of carboxylic acid groups (broad SMARTS) is 1. The third-order valence-electron chi connectivity index (χ3n) is 6.17. The van der Waals surface area contributed by atoms with Gasteiger partial charge in [-0.2, -0.15) is 0 Å². The van der Waals surface area contributed by atoms with Gasteiger partial charge in [-0.15, -0.1) is 0 Å². The molecule has 0 saturated carbocycles. The van der Waals surface area contributed by atoms with E-state index in [0.29, 0.717) is 13.1 Å². The molecule has 0 aliphatic carbocycles. The normalized spacial score (nSPS) is 12.6. The topological polar surface area (TPSA) is 69.6 Å². The standard InChI is InChI=1S/C31H30N2O3/c34-30(32-22-25-15-7-2-8-16-25)29(27-19-11-4-12-20-27)33(23-26-17-9-3-10-18-26)28(31(35)36)21-24-13-5-1-6-14-24/h1-20,28-29H,21-23H2,(H,32,34)(H,35,36)/t28-,29?/m0/s1. The van der Waals surface area contributed by atoms with E-state index in [4.69, 9.17) is 0 Å². The molecule has 2 atom stereocenters. The first-order valence-electron chi connectivity index (χ1n) is 12.0. The lowest BCUT2D eigenvalue weighted by Gasteiger charge is -2.36. The molecule has 182 valence electrons. The Labute approximate surface area is 212 Å². The number of nitrogens with zero attached hydrogens (tertiary/aromatic N) is 1. The van der Waals surface area contributed by atoms with Gasteiger partial charge >= 0.3 is 5.97 Å². The average molecular weight is 479 g/mol. The van der Waals surface area contributed by atoms with Crippen LogP contribution in [0.15, 0.2) is 121 Å². The first kappa shape index (κ1) is 24.9. The van der Waals surface area contributed by atoms with Gasteiger partial charge < -0.3 is 10.4 Å². The van der Waals surface area contributed by atoms with Crippen LogP contribution in [0.2, 0.25) is 0 Å². The largest absolute Gasteiger partial charge is 0.480 e. The highest BCUT2D eigenvalue weighted by Gasteiger charge is 2.36. The molecule has 0 aromatic heterocycles. The molecule has 1 unspecified atom stereocenters. The highest BCUT2D eigenvalue weighted by molar-refractivity contribution is 5.84. The van der Waals surface area contributed by atoms with E-state index in [9.17, 15) is 14.7 Å². The Morgan fingerprint density at radius 2 is 1.14 bits per heavy atom. The van der Waals surface area contributed by atoms with Gasteiger partial charge in [-0.1, -0.05) is 121 Å². The summed E-state index contributed by atoms with van der Waals surface area (Å²) in [5.74, 6) is -1.20. The van der Waals surface area contributed by atoms with E-state index in [1.54, 1.807) is 4.90 Å². The molecule has 0 bridgehead atoms. The van der Waals surface area contributed by atoms with Gasteiger partial charge in [0.15, 0.2) is 0 Å². The predicted molar refractivity (Wildman–Crippen MR) is 141 cm³/mol. The lowest BCUT2D eigenvalue weighted by Crippen LogP contribution is -2.49. The van der Waals surface area contributed by atoms with Gasteiger partial charge in [0.25, 0.3) is 0 Å². The Hall–Kier alpha value is -4.22. The van der Waals surface area contributed by atoms with Gasteiger partial charge in [0.05, 0.1) is 0 Å². The Bertz CT molecular complexity index is 1230. The van der Waals surface area contributed by atoms with E-state index in [1.165, 1.54) is 0 Å². The van der Waals surface area contributed by atoms with Crippen LogP contribution >= 0.6 is 0 Å². The Morgan fingerprint density at radius 3 is 1.67 bits per heavy atom. The van der Waals surface area contributed by atoms with Crippen molar-refractivity contribution in [2.75, 3.05) is 0 Å². The summed E-state index contributed by atoms with van der Waals surface area (Å²) in [5, 5.41) is 13.4. The minimum atomic E-state index is -0.966. The fourth-order valence-electron chi connectivity index (χ4n) is 4.37. The Morgan fingerprint density at radius 1 is 0.667 bits per heavy atom. The van der Waals surface area contributed by atoms with Crippen molar-refractivity contribution in [1.82, 2.24) is 10.2 Å². The summed E-state index contributed by atoms with van der Waals surface area (Å²) in [5.41, 5.74) is 3.57. The van der Waals surface area contributed by atoms with Crippen molar-refractivity contribution in [2.45, 2.75) is 31.6 Å². The summed E-state index contributed by atoms with van der Waals surface area (Å²) in [6.07, 6.45) is 0.276. The monoisotopic (exact) mass is 478 g/mol. The van der Waals surface area contributed by atoms with Crippen molar-refractivity contribution in [2.24, 2.45) is 0 Å². The third-order valence-corrected chi connectivity index (χ3v) is 6.17. The molecule has 0 aliphatic rings. The van der Waals surface area contributed by atoms with E-state index in [1.807, 2.05) is 121 Å². The summed E-state index contributed by atoms with van der Waals surface area (Å²) in [4.78, 5) is 28.3. The quantitative estimate of drug-likeness (QED) is 0.309. The SMILES string of the molecule is O=C(NCc1ccccc1)C(c1ccccc1)N(Cc1ccccc1)[C@@H](Cc1ccccc1)C(=O)O. The molecular weight excluding hydrogens is 448 g/mol. The van der Waals surface area contributed by atoms with Crippen molar-refractivity contribution in [1.29, 1.82) is 0 Å². The number of amides is 1. The molecular formula is C31H30N2O3. The molecule has 4 rings (SSSR count). The summed E-state index contributed by atoms with van der Waals surface area (Å²) in [6.45, 7) is 0.668. The second-order valence-corrected chi connectivity index (χ2v) is 8.72. The van der Waals surface area contributed by atoms with Crippen molar-refractivity contribution in [3.63, 3.8) is 0 Å². The van der Waals surface area contributed by atoms with Crippen LogP contribution < -0.4 is 5.32 Å². The van der Waals surface area contributed by atoms with Crippen molar-refractivity contribution in [3.8, 4) is 0 Å². The van der Waals surface area contributed by atoms with Gasteiger partial charge in [0, 0.05) is 13.1 Å². The lowest BCUT2D eigenvalue weighted by molar-refractivity contribution is -0.146. The minimum Gasteiger partial charge on any atom is -0.480 e. The highest BCUT2D eigenvalue weighted by atomic mass is 16.4. The zero-order valence-electron chi connectivity index (χ0n) is 20.0. The lowest BCUT2D eigenvalue weighted by atomic mass is 9.97. The number of carboxylic acids is 1. The van der Waals surface area contributed by atoms with Gasteiger partial charge in [-0.05, 0) is 28.7 Å². The van der Waals surface area contributed by atoms with Crippen molar-refractivity contribution >= 4 is 11.9 Å². The third kappa shape index (κ3) is 6.68. The number of carbonyl (C=O) groups excluding carboxylic acids is 1. The molecule has 2 N–H and O–H groups in total. The number of carbonyl (C=O) groups is 2. The number of aliphatic carboxylic acids is 1. The zero-order chi connectivity index (χ0) is 25.2. The van der Waals surface area contributed by atoms with Crippen LogP contribution in [-0.4, -0.2) is 27.9 Å². The van der Waals surface area contributed by atoms with Gasteiger partial charge in [-0.3, -0.25) is 14.5 Å². The summed E-state index contributed by atoms with van der Waals surface area (Å²) < 4.78 is 0. The van der Waals surface area contributed by atoms with Crippen LogP contribution in [0.1, 0.15) is 28.3 Å². The molecule has 0 radical (unpaired) electrons. The maximum Gasteiger partial charge on any atom is 0.321 e.